The Labute approximate surface area is 170 Å². The molecule has 0 spiro atoms. The summed E-state index contributed by atoms with van der Waals surface area (Å²) < 4.78 is 0. The van der Waals surface area contributed by atoms with Crippen LogP contribution in [0.4, 0.5) is 22.7 Å². The van der Waals surface area contributed by atoms with Crippen LogP contribution in [0.2, 0.25) is 0 Å². The Kier molecular flexibility index (Phi) is 6.76. The molecule has 0 bridgehead atoms. The second kappa shape index (κ2) is 9.45. The van der Waals surface area contributed by atoms with Gasteiger partial charge in [-0.2, -0.15) is 0 Å². The number of anilines is 4. The summed E-state index contributed by atoms with van der Waals surface area (Å²) in [5, 5.41) is 7.16. The van der Waals surface area contributed by atoms with E-state index in [0.29, 0.717) is 11.8 Å². The Hall–Kier alpha value is -2.74. The third-order valence-electron chi connectivity index (χ3n) is 4.73. The molecular weight excluding hydrogens is 340 g/mol. The molecule has 0 radical (unpaired) electrons. The Morgan fingerprint density at radius 2 is 0.893 bits per heavy atom. The molecule has 2 heteroatoms. The van der Waals surface area contributed by atoms with E-state index >= 15 is 0 Å². The maximum atomic E-state index is 3.58. The van der Waals surface area contributed by atoms with Crippen molar-refractivity contribution < 1.29 is 0 Å². The van der Waals surface area contributed by atoms with Gasteiger partial charge in [0.25, 0.3) is 0 Å². The van der Waals surface area contributed by atoms with Gasteiger partial charge in [-0.1, -0.05) is 64.1 Å². The van der Waals surface area contributed by atoms with Crippen molar-refractivity contribution in [3.63, 3.8) is 0 Å². The van der Waals surface area contributed by atoms with Crippen LogP contribution in [0.1, 0.15) is 38.8 Å². The first-order valence-corrected chi connectivity index (χ1v) is 10.3. The van der Waals surface area contributed by atoms with Crippen molar-refractivity contribution in [2.75, 3.05) is 10.6 Å². The van der Waals surface area contributed by atoms with Crippen LogP contribution in [0, 0.1) is 11.8 Å². The molecule has 3 aromatic carbocycles. The first-order chi connectivity index (χ1) is 13.5. The van der Waals surface area contributed by atoms with Crippen molar-refractivity contribution in [2.24, 2.45) is 11.8 Å². The average Bonchev–Trinajstić information content (AvgIpc) is 2.66. The van der Waals surface area contributed by atoms with Gasteiger partial charge in [0.05, 0.1) is 0 Å². The Bertz CT molecular complexity index is 804. The summed E-state index contributed by atoms with van der Waals surface area (Å²) in [6.45, 7) is 9.03. The van der Waals surface area contributed by atoms with Crippen LogP contribution in [0.3, 0.4) is 0 Å². The Balaban J connectivity index is 1.72. The van der Waals surface area contributed by atoms with Crippen LogP contribution < -0.4 is 10.6 Å². The Morgan fingerprint density at radius 1 is 0.536 bits per heavy atom. The monoisotopic (exact) mass is 372 g/mol. The summed E-state index contributed by atoms with van der Waals surface area (Å²) in [4.78, 5) is 0. The van der Waals surface area contributed by atoms with Crippen LogP contribution in [0.15, 0.2) is 72.8 Å². The number of rotatable bonds is 8. The van der Waals surface area contributed by atoms with E-state index in [9.17, 15) is 0 Å². The minimum Gasteiger partial charge on any atom is -0.355 e. The van der Waals surface area contributed by atoms with Crippen molar-refractivity contribution in [2.45, 2.75) is 40.5 Å². The SMILES string of the molecule is CC(C)Cc1ccccc1Nc1ccc(Nc2ccccc2CC(C)C)cc1. The maximum Gasteiger partial charge on any atom is 0.0416 e. The predicted octanol–water partition coefficient (Wildman–Crippen LogP) is 7.57. The number of para-hydroxylation sites is 2. The normalized spacial score (nSPS) is 11.1. The van der Waals surface area contributed by atoms with Gasteiger partial charge in [0.2, 0.25) is 0 Å². The van der Waals surface area contributed by atoms with Gasteiger partial charge in [-0.3, -0.25) is 0 Å². The molecule has 3 rings (SSSR count). The molecule has 146 valence electrons. The van der Waals surface area contributed by atoms with E-state index in [2.05, 4.69) is 111 Å². The zero-order valence-electron chi connectivity index (χ0n) is 17.5. The summed E-state index contributed by atoms with van der Waals surface area (Å²) in [6.07, 6.45) is 2.16. The molecule has 0 amide bonds. The van der Waals surface area contributed by atoms with E-state index < -0.39 is 0 Å². The first-order valence-electron chi connectivity index (χ1n) is 10.3. The molecule has 0 saturated heterocycles. The van der Waals surface area contributed by atoms with Crippen molar-refractivity contribution in [1.29, 1.82) is 0 Å². The van der Waals surface area contributed by atoms with E-state index in [1.54, 1.807) is 0 Å². The summed E-state index contributed by atoms with van der Waals surface area (Å²) in [5.41, 5.74) is 7.33. The topological polar surface area (TPSA) is 24.1 Å². The van der Waals surface area contributed by atoms with Gasteiger partial charge in [0.15, 0.2) is 0 Å². The smallest absolute Gasteiger partial charge is 0.0416 e. The molecule has 0 fully saturated rings. The van der Waals surface area contributed by atoms with E-state index in [-0.39, 0.29) is 0 Å². The highest BCUT2D eigenvalue weighted by Crippen LogP contribution is 2.27. The van der Waals surface area contributed by atoms with Crippen LogP contribution in [-0.2, 0) is 12.8 Å². The second-order valence-electron chi connectivity index (χ2n) is 8.34. The summed E-state index contributed by atoms with van der Waals surface area (Å²) in [6, 6.07) is 25.7. The van der Waals surface area contributed by atoms with E-state index in [1.807, 2.05) is 0 Å². The fourth-order valence-corrected chi connectivity index (χ4v) is 3.47. The van der Waals surface area contributed by atoms with Crippen molar-refractivity contribution >= 4 is 22.7 Å². The molecule has 0 unspecified atom stereocenters. The molecular formula is C26H32N2. The molecule has 0 saturated carbocycles. The molecule has 0 atom stereocenters. The molecule has 2 N–H and O–H groups in total. The van der Waals surface area contributed by atoms with Crippen molar-refractivity contribution in [3.05, 3.63) is 83.9 Å². The lowest BCUT2D eigenvalue weighted by atomic mass is 10.0. The standard InChI is InChI=1S/C26H32N2/c1-19(2)17-21-9-5-7-11-25(21)27-23-13-15-24(16-14-23)28-26-12-8-6-10-22(26)18-20(3)4/h5-16,19-20,27-28H,17-18H2,1-4H3. The number of nitrogens with one attached hydrogen (secondary N) is 2. The highest BCUT2D eigenvalue weighted by molar-refractivity contribution is 5.68. The first kappa shape index (κ1) is 20.0. The van der Waals surface area contributed by atoms with Crippen LogP contribution in [0.5, 0.6) is 0 Å². The van der Waals surface area contributed by atoms with Crippen molar-refractivity contribution in [3.8, 4) is 0 Å². The van der Waals surface area contributed by atoms with Gasteiger partial charge in [-0.25, -0.2) is 0 Å². The van der Waals surface area contributed by atoms with Gasteiger partial charge in [-0.15, -0.1) is 0 Å². The third-order valence-corrected chi connectivity index (χ3v) is 4.73. The fourth-order valence-electron chi connectivity index (χ4n) is 3.47. The number of hydrogen-bond donors (Lipinski definition) is 2. The second-order valence-corrected chi connectivity index (χ2v) is 8.34. The van der Waals surface area contributed by atoms with Gasteiger partial charge in [-0.05, 0) is 72.2 Å². The Morgan fingerprint density at radius 3 is 1.25 bits per heavy atom. The lowest BCUT2D eigenvalue weighted by molar-refractivity contribution is 0.648. The number of hydrogen-bond acceptors (Lipinski definition) is 2. The molecule has 28 heavy (non-hydrogen) atoms. The molecule has 0 aliphatic heterocycles. The molecule has 3 aromatic rings. The largest absolute Gasteiger partial charge is 0.355 e. The van der Waals surface area contributed by atoms with E-state index in [0.717, 1.165) is 24.2 Å². The van der Waals surface area contributed by atoms with Crippen LogP contribution in [0.25, 0.3) is 0 Å². The lowest BCUT2D eigenvalue weighted by Gasteiger charge is -2.15. The predicted molar refractivity (Wildman–Crippen MR) is 123 cm³/mol. The van der Waals surface area contributed by atoms with E-state index in [1.165, 1.54) is 22.5 Å². The fraction of sp³-hybridized carbons (Fsp3) is 0.308. The lowest BCUT2D eigenvalue weighted by Crippen LogP contribution is -2.01. The molecule has 0 aromatic heterocycles. The molecule has 2 nitrogen and oxygen atoms in total. The third kappa shape index (κ3) is 5.63. The van der Waals surface area contributed by atoms with Gasteiger partial charge in [0.1, 0.15) is 0 Å². The molecule has 0 heterocycles. The minimum absolute atomic E-state index is 0.639. The summed E-state index contributed by atoms with van der Waals surface area (Å²) in [7, 11) is 0. The quantitative estimate of drug-likeness (QED) is 0.426. The van der Waals surface area contributed by atoms with Crippen LogP contribution >= 0.6 is 0 Å². The van der Waals surface area contributed by atoms with Gasteiger partial charge in [0, 0.05) is 22.7 Å². The van der Waals surface area contributed by atoms with Gasteiger partial charge < -0.3 is 10.6 Å². The highest BCUT2D eigenvalue weighted by atomic mass is 14.9. The van der Waals surface area contributed by atoms with Crippen LogP contribution in [-0.4, -0.2) is 0 Å². The minimum atomic E-state index is 0.639. The van der Waals surface area contributed by atoms with E-state index in [4.69, 9.17) is 0 Å². The maximum absolute atomic E-state index is 3.58. The summed E-state index contributed by atoms with van der Waals surface area (Å²) >= 11 is 0. The average molecular weight is 373 g/mol. The van der Waals surface area contributed by atoms with Gasteiger partial charge >= 0.3 is 0 Å². The number of benzene rings is 3. The highest BCUT2D eigenvalue weighted by Gasteiger charge is 2.06. The zero-order chi connectivity index (χ0) is 19.9. The summed E-state index contributed by atoms with van der Waals surface area (Å²) in [5.74, 6) is 1.28. The van der Waals surface area contributed by atoms with Crippen molar-refractivity contribution in [1.82, 2.24) is 0 Å². The molecule has 0 aliphatic rings. The molecule has 0 aliphatic carbocycles. The zero-order valence-corrected chi connectivity index (χ0v) is 17.5.